The molecule has 68 heavy (non-hydrogen) atoms. The summed E-state index contributed by atoms with van der Waals surface area (Å²) in [6.07, 6.45) is 0. The Morgan fingerprint density at radius 1 is 0.235 bits per heavy atom. The second kappa shape index (κ2) is 17.9. The fourth-order valence-corrected chi connectivity index (χ4v) is 20.7. The summed E-state index contributed by atoms with van der Waals surface area (Å²) in [5.74, 6) is 0. The quantitative estimate of drug-likeness (QED) is 0.0729. The van der Waals surface area contributed by atoms with Crippen LogP contribution >= 0.6 is 0 Å². The van der Waals surface area contributed by atoms with Gasteiger partial charge in [-0.15, -0.1) is 0 Å². The summed E-state index contributed by atoms with van der Waals surface area (Å²) in [5, 5.41) is 16.1. The van der Waals surface area contributed by atoms with Crippen molar-refractivity contribution in [2.75, 3.05) is 0 Å². The number of fused-ring (bicyclic) bond motifs is 2. The van der Waals surface area contributed by atoms with Crippen LogP contribution in [0.15, 0.2) is 273 Å². The van der Waals surface area contributed by atoms with Crippen molar-refractivity contribution < 1.29 is 0 Å². The van der Waals surface area contributed by atoms with Crippen LogP contribution in [0.25, 0.3) is 43.8 Å². The Morgan fingerprint density at radius 3 is 0.779 bits per heavy atom. The molecule has 0 aliphatic carbocycles. The third-order valence-corrected chi connectivity index (χ3v) is 23.9. The highest BCUT2D eigenvalue weighted by molar-refractivity contribution is 7.20. The molecule has 0 aliphatic rings. The van der Waals surface area contributed by atoms with Gasteiger partial charge in [0.1, 0.15) is 0 Å². The van der Waals surface area contributed by atoms with Crippen LogP contribution in [-0.2, 0) is 5.41 Å². The summed E-state index contributed by atoms with van der Waals surface area (Å²) in [4.78, 5) is 0. The maximum Gasteiger partial charge on any atom is 0.179 e. The zero-order valence-corrected chi connectivity index (χ0v) is 41.0. The van der Waals surface area contributed by atoms with Gasteiger partial charge in [-0.2, -0.15) is 0 Å². The van der Waals surface area contributed by atoms with E-state index in [1.807, 2.05) is 0 Å². The van der Waals surface area contributed by atoms with E-state index in [1.165, 1.54) is 90.9 Å². The van der Waals surface area contributed by atoms with Crippen molar-refractivity contribution in [1.82, 2.24) is 0 Å². The van der Waals surface area contributed by atoms with Gasteiger partial charge in [0.2, 0.25) is 0 Å². The molecule has 0 nitrogen and oxygen atoms in total. The maximum atomic E-state index is 2.48. The van der Waals surface area contributed by atoms with E-state index in [4.69, 9.17) is 0 Å². The van der Waals surface area contributed by atoms with Crippen LogP contribution in [0.2, 0.25) is 0 Å². The molecule has 11 aromatic carbocycles. The Hall–Kier alpha value is -7.63. The minimum Gasteiger partial charge on any atom is -0.0623 e. The predicted molar refractivity (Wildman–Crippen MR) is 298 cm³/mol. The van der Waals surface area contributed by atoms with Crippen molar-refractivity contribution >= 4 is 79.2 Å². The normalized spacial score (nSPS) is 12.0. The summed E-state index contributed by atoms with van der Waals surface area (Å²) >= 11 is 0. The van der Waals surface area contributed by atoms with E-state index in [-0.39, 0.29) is 5.41 Å². The fraction of sp³-hybridized carbons (Fsp3) is 0.0606. The minimum absolute atomic E-state index is 0.0324. The van der Waals surface area contributed by atoms with Gasteiger partial charge in [-0.25, -0.2) is 0 Å². The highest BCUT2D eigenvalue weighted by Gasteiger charge is 2.42. The second-order valence-corrected chi connectivity index (χ2v) is 26.8. The lowest BCUT2D eigenvalue weighted by Gasteiger charge is -2.34. The molecule has 0 aromatic heterocycles. The summed E-state index contributed by atoms with van der Waals surface area (Å²) in [7, 11) is -5.39. The van der Waals surface area contributed by atoms with Crippen LogP contribution in [0.1, 0.15) is 26.3 Å². The summed E-state index contributed by atoms with van der Waals surface area (Å²) in [5.41, 5.74) is 6.30. The standard InChI is InChI=1S/C66H54Si2/c1-66(2,3)51-42-47-62-63(48-51)65(50-40-45-59(46-41-50)68(55-30-16-7-17-31-55,56-32-18-8-19-33-56)57-34-20-9-21-35-57)61-37-23-22-36-60(61)64(62)49-38-43-58(44-39-49)67(52-24-10-4-11-25-52,53-26-12-5-13-27-53)54-28-14-6-15-29-54/h4-48H,1-3H3. The number of rotatable bonds is 10. The van der Waals surface area contributed by atoms with E-state index in [0.29, 0.717) is 0 Å². The van der Waals surface area contributed by atoms with Crippen molar-refractivity contribution in [3.8, 4) is 22.3 Å². The van der Waals surface area contributed by atoms with Crippen LogP contribution in [0.4, 0.5) is 0 Å². The summed E-state index contributed by atoms with van der Waals surface area (Å²) in [6.45, 7) is 6.98. The van der Waals surface area contributed by atoms with E-state index < -0.39 is 16.1 Å². The van der Waals surface area contributed by atoms with Gasteiger partial charge >= 0.3 is 0 Å². The lowest BCUT2D eigenvalue weighted by molar-refractivity contribution is 0.591. The van der Waals surface area contributed by atoms with Gasteiger partial charge in [-0.1, -0.05) is 288 Å². The molecule has 0 amide bonds. The molecule has 0 bridgehead atoms. The molecule has 0 saturated carbocycles. The van der Waals surface area contributed by atoms with Gasteiger partial charge in [-0.05, 0) is 102 Å². The van der Waals surface area contributed by atoms with Gasteiger partial charge in [0.15, 0.2) is 16.1 Å². The minimum atomic E-state index is -2.70. The topological polar surface area (TPSA) is 0 Å². The molecule has 11 rings (SSSR count). The van der Waals surface area contributed by atoms with E-state index in [1.54, 1.807) is 0 Å². The van der Waals surface area contributed by atoms with Crippen molar-refractivity contribution in [2.24, 2.45) is 0 Å². The first kappa shape index (κ1) is 43.0. The third-order valence-electron chi connectivity index (χ3n) is 14.3. The van der Waals surface area contributed by atoms with Crippen LogP contribution in [0.5, 0.6) is 0 Å². The zero-order chi connectivity index (χ0) is 46.1. The monoisotopic (exact) mass is 902 g/mol. The van der Waals surface area contributed by atoms with Gasteiger partial charge in [0, 0.05) is 0 Å². The average Bonchev–Trinajstić information content (AvgIpc) is 3.40. The average molecular weight is 903 g/mol. The summed E-state index contributed by atoms with van der Waals surface area (Å²) < 4.78 is 0. The highest BCUT2D eigenvalue weighted by Crippen LogP contribution is 2.44. The molecular formula is C66H54Si2. The van der Waals surface area contributed by atoms with Crippen molar-refractivity contribution in [3.63, 3.8) is 0 Å². The van der Waals surface area contributed by atoms with Crippen LogP contribution < -0.4 is 41.5 Å². The highest BCUT2D eigenvalue weighted by atomic mass is 28.3. The van der Waals surface area contributed by atoms with E-state index >= 15 is 0 Å². The third kappa shape index (κ3) is 7.29. The molecule has 0 spiro atoms. The second-order valence-electron chi connectivity index (χ2n) is 19.2. The van der Waals surface area contributed by atoms with Gasteiger partial charge in [0.05, 0.1) is 0 Å². The molecule has 0 fully saturated rings. The SMILES string of the molecule is CC(C)(C)c1ccc2c(-c3ccc([Si](c4ccccc4)(c4ccccc4)c4ccccc4)cc3)c3ccccc3c(-c3ccc([Si](c4ccccc4)(c4ccccc4)c4ccccc4)cc3)c2c1. The Kier molecular flexibility index (Phi) is 11.3. The number of hydrogen-bond acceptors (Lipinski definition) is 0. The first-order valence-electron chi connectivity index (χ1n) is 23.9. The molecule has 0 radical (unpaired) electrons. The number of hydrogen-bond donors (Lipinski definition) is 0. The van der Waals surface area contributed by atoms with Crippen LogP contribution in [0, 0.1) is 0 Å². The molecule has 0 heterocycles. The molecule has 326 valence electrons. The molecule has 11 aromatic rings. The molecule has 0 saturated heterocycles. The Morgan fingerprint density at radius 2 is 0.485 bits per heavy atom. The fourth-order valence-electron chi connectivity index (χ4n) is 11.2. The van der Waals surface area contributed by atoms with Gasteiger partial charge in [0.25, 0.3) is 0 Å². The van der Waals surface area contributed by atoms with Crippen LogP contribution in [0.3, 0.4) is 0 Å². The molecule has 0 aliphatic heterocycles. The lowest BCUT2D eigenvalue weighted by atomic mass is 9.81. The Bertz CT molecular complexity index is 3280. The first-order chi connectivity index (χ1) is 33.4. The maximum absolute atomic E-state index is 2.70. The van der Waals surface area contributed by atoms with Crippen molar-refractivity contribution in [2.45, 2.75) is 26.2 Å². The number of benzene rings is 11. The predicted octanol–water partition coefficient (Wildman–Crippen LogP) is 11.4. The van der Waals surface area contributed by atoms with Crippen molar-refractivity contribution in [3.05, 3.63) is 279 Å². The molecule has 2 heteroatoms. The van der Waals surface area contributed by atoms with Gasteiger partial charge in [-0.3, -0.25) is 0 Å². The van der Waals surface area contributed by atoms with Crippen LogP contribution in [-0.4, -0.2) is 16.1 Å². The molecular weight excluding hydrogens is 849 g/mol. The first-order valence-corrected chi connectivity index (χ1v) is 27.9. The Labute approximate surface area is 403 Å². The van der Waals surface area contributed by atoms with Gasteiger partial charge < -0.3 is 0 Å². The molecule has 0 N–H and O–H groups in total. The van der Waals surface area contributed by atoms with E-state index in [9.17, 15) is 0 Å². The zero-order valence-electron chi connectivity index (χ0n) is 39.0. The van der Waals surface area contributed by atoms with E-state index in [0.717, 1.165) is 0 Å². The lowest BCUT2D eigenvalue weighted by Crippen LogP contribution is -2.74. The Balaban J connectivity index is 1.13. The van der Waals surface area contributed by atoms with E-state index in [2.05, 4.69) is 294 Å². The molecule has 0 unspecified atom stereocenters. The smallest absolute Gasteiger partial charge is 0.0623 e. The molecule has 0 atom stereocenters. The largest absolute Gasteiger partial charge is 0.179 e. The van der Waals surface area contributed by atoms with Crippen molar-refractivity contribution in [1.29, 1.82) is 0 Å². The summed E-state index contributed by atoms with van der Waals surface area (Å²) in [6, 6.07) is 103.